The van der Waals surface area contributed by atoms with E-state index in [1.54, 1.807) is 6.08 Å². The van der Waals surface area contributed by atoms with Crippen molar-refractivity contribution in [1.82, 2.24) is 0 Å². The lowest BCUT2D eigenvalue weighted by Crippen LogP contribution is -2.00. The van der Waals surface area contributed by atoms with E-state index in [1.807, 2.05) is 31.2 Å². The number of rotatable bonds is 4. The van der Waals surface area contributed by atoms with Crippen LogP contribution in [0.25, 0.3) is 6.08 Å². The van der Waals surface area contributed by atoms with Crippen LogP contribution in [0.3, 0.4) is 0 Å². The molecule has 0 bridgehead atoms. The maximum absolute atomic E-state index is 8.81. The van der Waals surface area contributed by atoms with Gasteiger partial charge in [-0.2, -0.15) is 10.5 Å². The molecule has 0 aliphatic rings. The van der Waals surface area contributed by atoms with Gasteiger partial charge >= 0.3 is 0 Å². The Morgan fingerprint density at radius 1 is 1.33 bits per heavy atom. The van der Waals surface area contributed by atoms with Crippen molar-refractivity contribution in [3.8, 4) is 17.9 Å². The highest BCUT2D eigenvalue weighted by Crippen LogP contribution is 2.30. The molecule has 1 aromatic carbocycles. The van der Waals surface area contributed by atoms with Crippen molar-refractivity contribution in [1.29, 1.82) is 10.5 Å². The molecule has 0 radical (unpaired) electrons. The first kappa shape index (κ1) is 15.3. The molecule has 3 nitrogen and oxygen atoms in total. The molecule has 1 aromatic rings. The molecule has 0 heterocycles. The first-order valence-corrected chi connectivity index (χ1v) is 7.41. The molecule has 0 unspecified atom stereocenters. The van der Waals surface area contributed by atoms with Crippen molar-refractivity contribution in [2.45, 2.75) is 13.3 Å². The lowest BCUT2D eigenvalue weighted by molar-refractivity contribution is 0.314. The third-order valence-corrected chi connectivity index (χ3v) is 3.45. The second-order valence-corrected chi connectivity index (χ2v) is 5.84. The molecule has 5 heteroatoms. The monoisotopic (exact) mass is 464 g/mol. The van der Waals surface area contributed by atoms with Gasteiger partial charge in [-0.25, -0.2) is 0 Å². The van der Waals surface area contributed by atoms with E-state index in [9.17, 15) is 0 Å². The molecule has 0 saturated carbocycles. The summed E-state index contributed by atoms with van der Waals surface area (Å²) < 4.78 is 7.71. The number of nitriles is 2. The van der Waals surface area contributed by atoms with Crippen LogP contribution in [-0.4, -0.2) is 6.61 Å². The van der Waals surface area contributed by atoms with E-state index < -0.39 is 0 Å². The zero-order valence-corrected chi connectivity index (χ0v) is 14.0. The van der Waals surface area contributed by atoms with Gasteiger partial charge in [0.25, 0.3) is 0 Å². The average molecular weight is 464 g/mol. The Kier molecular flexibility index (Phi) is 6.44. The normalized spacial score (nSPS) is 9.17. The summed E-state index contributed by atoms with van der Waals surface area (Å²) >= 11 is 4.40. The van der Waals surface area contributed by atoms with Crippen LogP contribution >= 0.6 is 45.2 Å². The van der Waals surface area contributed by atoms with E-state index in [0.29, 0.717) is 6.61 Å². The highest BCUT2D eigenvalue weighted by Gasteiger charge is 2.09. The SMILES string of the molecule is CCCOc1c(I)cc(I)cc1C=C(C#N)C#N. The van der Waals surface area contributed by atoms with Crippen LogP contribution in [0.15, 0.2) is 17.7 Å². The third-order valence-electron chi connectivity index (χ3n) is 2.03. The predicted molar refractivity (Wildman–Crippen MR) is 86.9 cm³/mol. The number of ether oxygens (including phenoxy) is 1. The van der Waals surface area contributed by atoms with Gasteiger partial charge in [-0.1, -0.05) is 6.92 Å². The van der Waals surface area contributed by atoms with Crippen LogP contribution in [0.1, 0.15) is 18.9 Å². The number of allylic oxidation sites excluding steroid dienone is 1. The minimum Gasteiger partial charge on any atom is -0.492 e. The summed E-state index contributed by atoms with van der Waals surface area (Å²) in [7, 11) is 0. The molecular weight excluding hydrogens is 454 g/mol. The zero-order valence-electron chi connectivity index (χ0n) is 9.70. The van der Waals surface area contributed by atoms with Crippen LogP contribution in [-0.2, 0) is 0 Å². The van der Waals surface area contributed by atoms with Gasteiger partial charge in [0.15, 0.2) is 0 Å². The fraction of sp³-hybridized carbons (Fsp3) is 0.231. The van der Waals surface area contributed by atoms with Crippen molar-refractivity contribution in [3.63, 3.8) is 0 Å². The number of nitrogens with zero attached hydrogens (tertiary/aromatic N) is 2. The largest absolute Gasteiger partial charge is 0.492 e. The Bertz CT molecular complexity index is 537. The summed E-state index contributed by atoms with van der Waals surface area (Å²) in [5.74, 6) is 0.737. The average Bonchev–Trinajstić information content (AvgIpc) is 2.34. The van der Waals surface area contributed by atoms with Crippen molar-refractivity contribution in [2.24, 2.45) is 0 Å². The summed E-state index contributed by atoms with van der Waals surface area (Å²) in [5.41, 5.74) is 0.854. The molecule has 0 aliphatic carbocycles. The molecule has 92 valence electrons. The summed E-state index contributed by atoms with van der Waals surface area (Å²) in [6.07, 6.45) is 2.48. The van der Waals surface area contributed by atoms with Gasteiger partial charge < -0.3 is 4.74 Å². The predicted octanol–water partition coefficient (Wildman–Crippen LogP) is 4.12. The fourth-order valence-corrected chi connectivity index (χ4v) is 3.33. The second kappa shape index (κ2) is 7.59. The molecule has 0 spiro atoms. The van der Waals surface area contributed by atoms with Crippen LogP contribution in [0.2, 0.25) is 0 Å². The highest BCUT2D eigenvalue weighted by atomic mass is 127. The van der Waals surface area contributed by atoms with Crippen LogP contribution < -0.4 is 4.74 Å². The van der Waals surface area contributed by atoms with Crippen molar-refractivity contribution in [3.05, 3.63) is 30.4 Å². The maximum atomic E-state index is 8.81. The van der Waals surface area contributed by atoms with Gasteiger partial charge in [-0.15, -0.1) is 0 Å². The molecule has 0 aliphatic heterocycles. The van der Waals surface area contributed by atoms with Crippen molar-refractivity contribution in [2.75, 3.05) is 6.61 Å². The Balaban J connectivity index is 3.29. The fourth-order valence-electron chi connectivity index (χ4n) is 1.29. The van der Waals surface area contributed by atoms with E-state index in [1.165, 1.54) is 0 Å². The van der Waals surface area contributed by atoms with Crippen LogP contribution in [0.4, 0.5) is 0 Å². The first-order valence-electron chi connectivity index (χ1n) is 5.26. The van der Waals surface area contributed by atoms with Crippen molar-refractivity contribution >= 4 is 51.3 Å². The Morgan fingerprint density at radius 2 is 2.00 bits per heavy atom. The molecule has 0 saturated heterocycles. The summed E-state index contributed by atoms with van der Waals surface area (Å²) in [6, 6.07) is 7.63. The molecule has 0 aromatic heterocycles. The Labute approximate surface area is 134 Å². The first-order chi connectivity index (χ1) is 8.62. The van der Waals surface area contributed by atoms with E-state index in [2.05, 4.69) is 45.2 Å². The smallest absolute Gasteiger partial charge is 0.139 e. The molecular formula is C13H10I2N2O. The van der Waals surface area contributed by atoms with Gasteiger partial charge in [0, 0.05) is 9.13 Å². The van der Waals surface area contributed by atoms with E-state index >= 15 is 0 Å². The topological polar surface area (TPSA) is 56.8 Å². The minimum atomic E-state index is 0.0779. The van der Waals surface area contributed by atoms with E-state index in [-0.39, 0.29) is 5.57 Å². The standard InChI is InChI=1S/C13H10I2N2O/c1-2-3-18-13-10(4-9(7-16)8-17)5-11(14)6-12(13)15/h4-6H,2-3H2,1H3. The van der Waals surface area contributed by atoms with Gasteiger partial charge in [-0.05, 0) is 69.8 Å². The third kappa shape index (κ3) is 4.14. The van der Waals surface area contributed by atoms with Gasteiger partial charge in [0.2, 0.25) is 0 Å². The lowest BCUT2D eigenvalue weighted by atomic mass is 10.1. The molecule has 0 amide bonds. The summed E-state index contributed by atoms with van der Waals surface area (Å²) in [6.45, 7) is 2.65. The number of halogens is 2. The lowest BCUT2D eigenvalue weighted by Gasteiger charge is -2.11. The highest BCUT2D eigenvalue weighted by molar-refractivity contribution is 14.1. The quantitative estimate of drug-likeness (QED) is 0.498. The summed E-state index contributed by atoms with van der Waals surface area (Å²) in [5, 5.41) is 17.6. The van der Waals surface area contributed by atoms with Gasteiger partial charge in [0.05, 0.1) is 10.2 Å². The Morgan fingerprint density at radius 3 is 2.56 bits per heavy atom. The number of hydrogen-bond donors (Lipinski definition) is 0. The second-order valence-electron chi connectivity index (χ2n) is 3.44. The minimum absolute atomic E-state index is 0.0779. The summed E-state index contributed by atoms with van der Waals surface area (Å²) in [4.78, 5) is 0. The molecule has 0 N–H and O–H groups in total. The maximum Gasteiger partial charge on any atom is 0.139 e. The van der Waals surface area contributed by atoms with Crippen molar-refractivity contribution < 1.29 is 4.74 Å². The number of benzene rings is 1. The molecule has 0 fully saturated rings. The molecule has 0 atom stereocenters. The zero-order chi connectivity index (χ0) is 13.5. The van der Waals surface area contributed by atoms with E-state index in [0.717, 1.165) is 24.9 Å². The van der Waals surface area contributed by atoms with E-state index in [4.69, 9.17) is 15.3 Å². The van der Waals surface area contributed by atoms with Crippen LogP contribution in [0.5, 0.6) is 5.75 Å². The Hall–Kier alpha value is -0.800. The van der Waals surface area contributed by atoms with Crippen LogP contribution in [0, 0.1) is 29.8 Å². The van der Waals surface area contributed by atoms with Gasteiger partial charge in [0.1, 0.15) is 23.5 Å². The molecule has 18 heavy (non-hydrogen) atoms. The van der Waals surface area contributed by atoms with Gasteiger partial charge in [-0.3, -0.25) is 0 Å². The molecule has 1 rings (SSSR count). The number of hydrogen-bond acceptors (Lipinski definition) is 3.